The average Bonchev–Trinajstić information content (AvgIpc) is 2.32. The van der Waals surface area contributed by atoms with E-state index < -0.39 is 0 Å². The highest BCUT2D eigenvalue weighted by Crippen LogP contribution is 2.26. The van der Waals surface area contributed by atoms with Crippen LogP contribution in [0, 0.1) is 13.8 Å². The number of rotatable bonds is 2. The molecule has 1 aromatic rings. The highest BCUT2D eigenvalue weighted by Gasteiger charge is 2.09. The Morgan fingerprint density at radius 2 is 2.18 bits per heavy atom. The number of nitrogens with two attached hydrogens (primary N) is 1. The Balaban J connectivity index is 2.94. The number of hydrogen-bond donors (Lipinski definition) is 1. The minimum absolute atomic E-state index is 0.514. The summed E-state index contributed by atoms with van der Waals surface area (Å²) in [6.07, 6.45) is 0. The Morgan fingerprint density at radius 1 is 1.55 bits per heavy atom. The highest BCUT2D eigenvalue weighted by atomic mass is 32.1. The Morgan fingerprint density at radius 3 is 2.55 bits per heavy atom. The van der Waals surface area contributed by atoms with Gasteiger partial charge >= 0.3 is 0 Å². The number of hydrogen-bond acceptors (Lipinski definition) is 2. The third-order valence-corrected chi connectivity index (χ3v) is 3.24. The molecule has 0 bridgehead atoms. The minimum Gasteiger partial charge on any atom is -0.330 e. The predicted molar refractivity (Wildman–Crippen MR) is 51.3 cm³/mol. The van der Waals surface area contributed by atoms with Crippen molar-refractivity contribution < 1.29 is 0 Å². The fourth-order valence-corrected chi connectivity index (χ4v) is 2.15. The van der Waals surface area contributed by atoms with E-state index in [9.17, 15) is 0 Å². The normalized spacial score (nSPS) is 13.5. The molecule has 1 atom stereocenters. The van der Waals surface area contributed by atoms with Crippen LogP contribution in [0.3, 0.4) is 0 Å². The van der Waals surface area contributed by atoms with Crippen molar-refractivity contribution in [2.75, 3.05) is 6.54 Å². The first-order valence-corrected chi connectivity index (χ1v) is 4.79. The highest BCUT2D eigenvalue weighted by molar-refractivity contribution is 7.10. The van der Waals surface area contributed by atoms with E-state index >= 15 is 0 Å². The summed E-state index contributed by atoms with van der Waals surface area (Å²) in [5.74, 6) is 0.514. The van der Waals surface area contributed by atoms with Crippen molar-refractivity contribution in [2.45, 2.75) is 26.7 Å². The molecule has 0 saturated heterocycles. The van der Waals surface area contributed by atoms with Gasteiger partial charge in [0.05, 0.1) is 0 Å². The van der Waals surface area contributed by atoms with Crippen molar-refractivity contribution in [3.63, 3.8) is 0 Å². The van der Waals surface area contributed by atoms with Crippen molar-refractivity contribution in [1.29, 1.82) is 0 Å². The van der Waals surface area contributed by atoms with Gasteiger partial charge in [-0.05, 0) is 42.8 Å². The van der Waals surface area contributed by atoms with Crippen molar-refractivity contribution in [1.82, 2.24) is 0 Å². The van der Waals surface area contributed by atoms with Crippen LogP contribution in [0.25, 0.3) is 0 Å². The third-order valence-electron chi connectivity index (χ3n) is 2.21. The molecule has 1 nitrogen and oxygen atoms in total. The zero-order chi connectivity index (χ0) is 8.43. The summed E-state index contributed by atoms with van der Waals surface area (Å²) in [6.45, 7) is 7.26. The second kappa shape index (κ2) is 3.37. The maximum Gasteiger partial charge on any atom is 0.00463 e. The molecule has 0 aliphatic carbocycles. The molecule has 1 heterocycles. The molecule has 0 saturated carbocycles. The van der Waals surface area contributed by atoms with Gasteiger partial charge in [-0.3, -0.25) is 0 Å². The minimum atomic E-state index is 0.514. The largest absolute Gasteiger partial charge is 0.330 e. The number of aryl methyl sites for hydroxylation is 1. The lowest BCUT2D eigenvalue weighted by Crippen LogP contribution is -2.08. The molecule has 62 valence electrons. The van der Waals surface area contributed by atoms with E-state index in [1.54, 1.807) is 0 Å². The van der Waals surface area contributed by atoms with Crippen LogP contribution in [0.1, 0.15) is 28.8 Å². The zero-order valence-electron chi connectivity index (χ0n) is 7.35. The van der Waals surface area contributed by atoms with Gasteiger partial charge in [0.2, 0.25) is 0 Å². The second-order valence-corrected chi connectivity index (χ2v) is 4.09. The van der Waals surface area contributed by atoms with E-state index in [1.165, 1.54) is 16.0 Å². The van der Waals surface area contributed by atoms with Gasteiger partial charge in [0.1, 0.15) is 0 Å². The molecule has 0 spiro atoms. The molecule has 1 rings (SSSR count). The van der Waals surface area contributed by atoms with Gasteiger partial charge in [-0.1, -0.05) is 6.92 Å². The summed E-state index contributed by atoms with van der Waals surface area (Å²) in [5.41, 5.74) is 8.44. The van der Waals surface area contributed by atoms with Gasteiger partial charge < -0.3 is 5.73 Å². The maximum atomic E-state index is 5.59. The van der Waals surface area contributed by atoms with Gasteiger partial charge in [-0.2, -0.15) is 0 Å². The smallest absolute Gasteiger partial charge is 0.00463 e. The van der Waals surface area contributed by atoms with Crippen LogP contribution >= 0.6 is 11.3 Å². The molecule has 11 heavy (non-hydrogen) atoms. The first-order chi connectivity index (χ1) is 5.16. The molecule has 1 unspecified atom stereocenters. The van der Waals surface area contributed by atoms with Gasteiger partial charge in [-0.25, -0.2) is 0 Å². The standard InChI is InChI=1S/C9H15NS/c1-6(4-10)9-5-11-8(3)7(9)2/h5-6H,4,10H2,1-3H3. The molecule has 0 aliphatic rings. The average molecular weight is 169 g/mol. The molecule has 0 aromatic carbocycles. The van der Waals surface area contributed by atoms with E-state index in [-0.39, 0.29) is 0 Å². The third kappa shape index (κ3) is 1.63. The van der Waals surface area contributed by atoms with Crippen LogP contribution in [0.5, 0.6) is 0 Å². The van der Waals surface area contributed by atoms with Crippen molar-refractivity contribution in [2.24, 2.45) is 5.73 Å². The van der Waals surface area contributed by atoms with E-state index in [4.69, 9.17) is 5.73 Å². The lowest BCUT2D eigenvalue weighted by Gasteiger charge is -2.07. The van der Waals surface area contributed by atoms with Crippen molar-refractivity contribution in [3.05, 3.63) is 21.4 Å². The Bertz CT molecular complexity index is 240. The van der Waals surface area contributed by atoms with E-state index in [0.29, 0.717) is 5.92 Å². The van der Waals surface area contributed by atoms with Crippen LogP contribution in [0.4, 0.5) is 0 Å². The summed E-state index contributed by atoms with van der Waals surface area (Å²) in [4.78, 5) is 1.42. The Kier molecular flexibility index (Phi) is 2.68. The molecule has 0 aliphatic heterocycles. The lowest BCUT2D eigenvalue weighted by molar-refractivity contribution is 0.771. The first-order valence-electron chi connectivity index (χ1n) is 3.91. The van der Waals surface area contributed by atoms with Gasteiger partial charge in [-0.15, -0.1) is 11.3 Å². The van der Waals surface area contributed by atoms with E-state index in [2.05, 4.69) is 26.2 Å². The molecule has 0 radical (unpaired) electrons. The number of thiophene rings is 1. The van der Waals surface area contributed by atoms with Crippen LogP contribution in [-0.4, -0.2) is 6.54 Å². The van der Waals surface area contributed by atoms with Gasteiger partial charge in [0.15, 0.2) is 0 Å². The van der Waals surface area contributed by atoms with E-state index in [0.717, 1.165) is 6.54 Å². The second-order valence-electron chi connectivity index (χ2n) is 3.01. The zero-order valence-corrected chi connectivity index (χ0v) is 8.16. The molecule has 2 N–H and O–H groups in total. The van der Waals surface area contributed by atoms with Gasteiger partial charge in [0, 0.05) is 4.88 Å². The summed E-state index contributed by atoms with van der Waals surface area (Å²) in [5, 5.41) is 2.22. The molecule has 2 heteroatoms. The fraction of sp³-hybridized carbons (Fsp3) is 0.556. The fourth-order valence-electron chi connectivity index (χ4n) is 1.14. The van der Waals surface area contributed by atoms with Crippen LogP contribution in [-0.2, 0) is 0 Å². The summed E-state index contributed by atoms with van der Waals surface area (Å²) in [6, 6.07) is 0. The van der Waals surface area contributed by atoms with Crippen LogP contribution in [0.15, 0.2) is 5.38 Å². The van der Waals surface area contributed by atoms with E-state index in [1.807, 2.05) is 11.3 Å². The molecule has 0 amide bonds. The van der Waals surface area contributed by atoms with Gasteiger partial charge in [0.25, 0.3) is 0 Å². The first kappa shape index (κ1) is 8.75. The van der Waals surface area contributed by atoms with Crippen LogP contribution < -0.4 is 5.73 Å². The molecular formula is C9H15NS. The predicted octanol–water partition coefficient (Wildman–Crippen LogP) is 2.43. The summed E-state index contributed by atoms with van der Waals surface area (Å²) < 4.78 is 0. The molecule has 1 aromatic heterocycles. The lowest BCUT2D eigenvalue weighted by atomic mass is 10.0. The molecule has 0 fully saturated rings. The topological polar surface area (TPSA) is 26.0 Å². The van der Waals surface area contributed by atoms with Crippen LogP contribution in [0.2, 0.25) is 0 Å². The SMILES string of the molecule is Cc1scc(C(C)CN)c1C. The monoisotopic (exact) mass is 169 g/mol. The summed E-state index contributed by atoms with van der Waals surface area (Å²) >= 11 is 1.82. The molecular weight excluding hydrogens is 154 g/mol. The van der Waals surface area contributed by atoms with Crippen molar-refractivity contribution >= 4 is 11.3 Å². The quantitative estimate of drug-likeness (QED) is 0.723. The maximum absolute atomic E-state index is 5.59. The summed E-state index contributed by atoms with van der Waals surface area (Å²) in [7, 11) is 0. The van der Waals surface area contributed by atoms with Crippen molar-refractivity contribution in [3.8, 4) is 0 Å². The Hall–Kier alpha value is -0.340. The Labute approximate surface area is 72.2 Å².